The van der Waals surface area contributed by atoms with E-state index in [0.29, 0.717) is 5.57 Å². The van der Waals surface area contributed by atoms with Crippen molar-refractivity contribution in [3.63, 3.8) is 0 Å². The van der Waals surface area contributed by atoms with Gasteiger partial charge in [-0.15, -0.1) is 0 Å². The second kappa shape index (κ2) is 8.64. The maximum absolute atomic E-state index is 12.9. The number of carbonyl (C=O) groups is 4. The number of fused-ring (bicyclic) bond motifs is 1. The molecule has 162 valence electrons. The summed E-state index contributed by atoms with van der Waals surface area (Å²) in [6, 6.07) is 4.44. The van der Waals surface area contributed by atoms with Crippen LogP contribution in [-0.2, 0) is 14.3 Å². The third-order valence-corrected chi connectivity index (χ3v) is 4.45. The number of carbonyl (C=O) groups excluding carboxylic acids is 4. The van der Waals surface area contributed by atoms with Crippen LogP contribution >= 0.6 is 0 Å². The molecule has 1 aliphatic carbocycles. The fourth-order valence-corrected chi connectivity index (χ4v) is 2.96. The minimum atomic E-state index is -0.786. The van der Waals surface area contributed by atoms with E-state index in [0.717, 1.165) is 0 Å². The lowest BCUT2D eigenvalue weighted by Gasteiger charge is -2.26. The van der Waals surface area contributed by atoms with Crippen molar-refractivity contribution in [2.75, 3.05) is 6.61 Å². The molecule has 0 saturated heterocycles. The summed E-state index contributed by atoms with van der Waals surface area (Å²) in [6.07, 6.45) is 1.15. The summed E-state index contributed by atoms with van der Waals surface area (Å²) in [5.41, 5.74) is -0.0368. The summed E-state index contributed by atoms with van der Waals surface area (Å²) >= 11 is 0. The fraction of sp³-hybridized carbons (Fsp3) is 0.500. The number of benzene rings is 1. The van der Waals surface area contributed by atoms with E-state index in [1.165, 1.54) is 24.3 Å². The van der Waals surface area contributed by atoms with E-state index in [4.69, 9.17) is 9.47 Å². The van der Waals surface area contributed by atoms with E-state index in [-0.39, 0.29) is 47.1 Å². The molecule has 30 heavy (non-hydrogen) atoms. The topological polar surface area (TPSA) is 86.7 Å². The summed E-state index contributed by atoms with van der Waals surface area (Å²) in [4.78, 5) is 50.1. The van der Waals surface area contributed by atoms with Crippen LogP contribution in [0.15, 0.2) is 29.8 Å². The van der Waals surface area contributed by atoms with Gasteiger partial charge in [-0.25, -0.2) is 0 Å². The molecule has 0 amide bonds. The maximum atomic E-state index is 12.9. The quantitative estimate of drug-likeness (QED) is 0.508. The van der Waals surface area contributed by atoms with Crippen LogP contribution < -0.4 is 0 Å². The van der Waals surface area contributed by atoms with Gasteiger partial charge in [0.15, 0.2) is 17.3 Å². The van der Waals surface area contributed by atoms with Gasteiger partial charge < -0.3 is 9.47 Å². The molecule has 1 aliphatic rings. The third kappa shape index (κ3) is 6.20. The highest BCUT2D eigenvalue weighted by Crippen LogP contribution is 2.24. The summed E-state index contributed by atoms with van der Waals surface area (Å²) in [5.74, 6) is -2.16. The van der Waals surface area contributed by atoms with Crippen LogP contribution in [0.4, 0.5) is 0 Å². The van der Waals surface area contributed by atoms with Crippen LogP contribution in [0.25, 0.3) is 0 Å². The molecule has 6 heteroatoms. The molecule has 1 atom stereocenters. The van der Waals surface area contributed by atoms with Crippen molar-refractivity contribution in [3.05, 3.63) is 46.5 Å². The Morgan fingerprint density at radius 3 is 2.17 bits per heavy atom. The van der Waals surface area contributed by atoms with Gasteiger partial charge in [0.25, 0.3) is 0 Å². The summed E-state index contributed by atoms with van der Waals surface area (Å²) in [6.45, 7) is 12.5. The van der Waals surface area contributed by atoms with Gasteiger partial charge in [-0.05, 0) is 66.7 Å². The Hall–Kier alpha value is -2.60. The molecule has 0 spiro atoms. The highest BCUT2D eigenvalue weighted by molar-refractivity contribution is 6.24. The lowest BCUT2D eigenvalue weighted by molar-refractivity contribution is -0.163. The van der Waals surface area contributed by atoms with E-state index < -0.39 is 23.1 Å². The van der Waals surface area contributed by atoms with E-state index in [1.54, 1.807) is 27.7 Å². The zero-order valence-corrected chi connectivity index (χ0v) is 18.8. The first-order valence-electron chi connectivity index (χ1n) is 9.99. The predicted molar refractivity (Wildman–Crippen MR) is 113 cm³/mol. The molecule has 0 radical (unpaired) electrons. The monoisotopic (exact) mass is 414 g/mol. The van der Waals surface area contributed by atoms with Gasteiger partial charge in [-0.2, -0.15) is 0 Å². The van der Waals surface area contributed by atoms with E-state index in [9.17, 15) is 19.2 Å². The van der Waals surface area contributed by atoms with Crippen molar-refractivity contribution >= 4 is 23.3 Å². The molecule has 0 bridgehead atoms. The standard InChI is InChI=1S/C24H30O6/c1-14-10-20(26)18-11-15(8-9-17(18)21(14)27)19(25)12-16(13-29-23(2,3)4)22(28)30-24(5,6)7/h8-11,16H,12-13H2,1-7H3/t16-/m0/s1. The molecule has 0 saturated carbocycles. The van der Waals surface area contributed by atoms with Crippen LogP contribution in [-0.4, -0.2) is 41.1 Å². The lowest BCUT2D eigenvalue weighted by atomic mass is 9.87. The van der Waals surface area contributed by atoms with Gasteiger partial charge in [0.2, 0.25) is 0 Å². The highest BCUT2D eigenvalue weighted by atomic mass is 16.6. The molecule has 2 rings (SSSR count). The Labute approximate surface area is 177 Å². The van der Waals surface area contributed by atoms with Gasteiger partial charge in [-0.1, -0.05) is 6.07 Å². The van der Waals surface area contributed by atoms with Gasteiger partial charge in [0.05, 0.1) is 18.1 Å². The van der Waals surface area contributed by atoms with Crippen molar-refractivity contribution in [1.82, 2.24) is 0 Å². The maximum Gasteiger partial charge on any atom is 0.312 e. The van der Waals surface area contributed by atoms with Gasteiger partial charge in [0.1, 0.15) is 5.60 Å². The van der Waals surface area contributed by atoms with Crippen molar-refractivity contribution in [1.29, 1.82) is 0 Å². The highest BCUT2D eigenvalue weighted by Gasteiger charge is 2.30. The van der Waals surface area contributed by atoms with Crippen LogP contribution in [0.3, 0.4) is 0 Å². The molecular formula is C24H30O6. The zero-order chi connectivity index (χ0) is 22.9. The first kappa shape index (κ1) is 23.7. The number of ketones is 3. The van der Waals surface area contributed by atoms with Gasteiger partial charge >= 0.3 is 5.97 Å². The molecule has 0 heterocycles. The molecule has 0 aromatic heterocycles. The van der Waals surface area contributed by atoms with Crippen molar-refractivity contribution in [3.8, 4) is 0 Å². The molecule has 0 N–H and O–H groups in total. The summed E-state index contributed by atoms with van der Waals surface area (Å²) in [7, 11) is 0. The summed E-state index contributed by atoms with van der Waals surface area (Å²) in [5, 5.41) is 0. The van der Waals surface area contributed by atoms with Gasteiger partial charge in [-0.3, -0.25) is 19.2 Å². The number of allylic oxidation sites excluding steroid dienone is 2. The Balaban J connectivity index is 2.25. The third-order valence-electron chi connectivity index (χ3n) is 4.45. The van der Waals surface area contributed by atoms with E-state index in [1.807, 2.05) is 20.8 Å². The molecule has 0 aliphatic heterocycles. The second-order valence-corrected chi connectivity index (χ2v) is 9.56. The molecule has 0 fully saturated rings. The van der Waals surface area contributed by atoms with Crippen LogP contribution in [0.1, 0.15) is 86.0 Å². The smallest absolute Gasteiger partial charge is 0.312 e. The molecule has 0 unspecified atom stereocenters. The summed E-state index contributed by atoms with van der Waals surface area (Å²) < 4.78 is 11.2. The average Bonchev–Trinajstić information content (AvgIpc) is 2.60. The Morgan fingerprint density at radius 2 is 1.60 bits per heavy atom. The largest absolute Gasteiger partial charge is 0.460 e. The second-order valence-electron chi connectivity index (χ2n) is 9.56. The Bertz CT molecular complexity index is 909. The van der Waals surface area contributed by atoms with Crippen LogP contribution in [0, 0.1) is 5.92 Å². The molecule has 1 aromatic rings. The molecule has 1 aromatic carbocycles. The van der Waals surface area contributed by atoms with E-state index in [2.05, 4.69) is 0 Å². The molecule has 6 nitrogen and oxygen atoms in total. The first-order valence-corrected chi connectivity index (χ1v) is 9.99. The zero-order valence-electron chi connectivity index (χ0n) is 18.8. The number of esters is 1. The Kier molecular flexibility index (Phi) is 6.82. The lowest BCUT2D eigenvalue weighted by Crippen LogP contribution is -2.34. The normalized spacial score (nSPS) is 15.4. The van der Waals surface area contributed by atoms with Crippen molar-refractivity contribution in [2.45, 2.75) is 66.1 Å². The van der Waals surface area contributed by atoms with Crippen LogP contribution in [0.5, 0.6) is 0 Å². The minimum absolute atomic E-state index is 0.0362. The van der Waals surface area contributed by atoms with Crippen molar-refractivity contribution in [2.24, 2.45) is 5.92 Å². The predicted octanol–water partition coefficient (Wildman–Crippen LogP) is 4.36. The van der Waals surface area contributed by atoms with Gasteiger partial charge in [0, 0.05) is 28.7 Å². The molecular weight excluding hydrogens is 384 g/mol. The van der Waals surface area contributed by atoms with Crippen molar-refractivity contribution < 1.29 is 28.7 Å². The first-order chi connectivity index (χ1) is 13.7. The number of hydrogen-bond acceptors (Lipinski definition) is 6. The number of Topliss-reactive ketones (excluding diaryl/α,β-unsaturated/α-hetero) is 2. The number of hydrogen-bond donors (Lipinski definition) is 0. The number of ether oxygens (including phenoxy) is 2. The Morgan fingerprint density at radius 1 is 0.967 bits per heavy atom. The average molecular weight is 414 g/mol. The minimum Gasteiger partial charge on any atom is -0.460 e. The van der Waals surface area contributed by atoms with Crippen LogP contribution in [0.2, 0.25) is 0 Å². The van der Waals surface area contributed by atoms with E-state index >= 15 is 0 Å². The SMILES string of the molecule is CC1=CC(=O)c2cc(C(=O)C[C@@H](COC(C)(C)C)C(=O)OC(C)(C)C)ccc2C1=O. The number of rotatable bonds is 6. The fourth-order valence-electron chi connectivity index (χ4n) is 2.96.